The van der Waals surface area contributed by atoms with Crippen LogP contribution in [0.5, 0.6) is 0 Å². The van der Waals surface area contributed by atoms with E-state index in [1.54, 1.807) is 12.1 Å². The maximum Gasteiger partial charge on any atom is 0.228 e. The largest absolute Gasteiger partial charge is 0.364 e. The third-order valence-electron chi connectivity index (χ3n) is 4.73. The van der Waals surface area contributed by atoms with Gasteiger partial charge in [0.2, 0.25) is 5.58 Å². The highest BCUT2D eigenvalue weighted by Gasteiger charge is 2.32. The molecule has 4 rings (SSSR count). The number of hydrogen-bond donors (Lipinski definition) is 1. The van der Waals surface area contributed by atoms with E-state index in [9.17, 15) is 0 Å². The molecular formula is C19H20Cl2N4O. The Hall–Kier alpha value is -1.85. The second-order valence-corrected chi connectivity index (χ2v) is 7.67. The number of aryl methyl sites for hydroxylation is 1. The minimum atomic E-state index is 0.408. The molecule has 0 bridgehead atoms. The van der Waals surface area contributed by atoms with Gasteiger partial charge in [-0.2, -0.15) is 0 Å². The molecule has 1 N–H and O–H groups in total. The molecule has 1 aromatic carbocycles. The van der Waals surface area contributed by atoms with Crippen molar-refractivity contribution in [1.29, 1.82) is 0 Å². The summed E-state index contributed by atoms with van der Waals surface area (Å²) >= 11 is 12.4. The normalized spacial score (nSPS) is 15.4. The van der Waals surface area contributed by atoms with Crippen LogP contribution in [0.2, 0.25) is 10.0 Å². The summed E-state index contributed by atoms with van der Waals surface area (Å²) in [7, 11) is 0. The number of aromatic nitrogens is 3. The van der Waals surface area contributed by atoms with E-state index in [0.29, 0.717) is 50.4 Å². The zero-order valence-electron chi connectivity index (χ0n) is 14.7. The third-order valence-corrected chi connectivity index (χ3v) is 5.28. The molecule has 136 valence electrons. The Bertz CT molecular complexity index is 952. The highest BCUT2D eigenvalue weighted by atomic mass is 35.5. The Morgan fingerprint density at radius 3 is 2.77 bits per heavy atom. The zero-order valence-corrected chi connectivity index (χ0v) is 16.2. The number of rotatable bonds is 6. The van der Waals surface area contributed by atoms with Crippen LogP contribution in [0.4, 0.5) is 5.82 Å². The lowest BCUT2D eigenvalue weighted by atomic mass is 10.1. The molecule has 1 aliphatic rings. The molecule has 7 heteroatoms. The van der Waals surface area contributed by atoms with Gasteiger partial charge in [-0.05, 0) is 50.3 Å². The minimum Gasteiger partial charge on any atom is -0.364 e. The predicted molar refractivity (Wildman–Crippen MR) is 105 cm³/mol. The SMILES string of the molecule is CCCC(Nc1nc(C)nc2c(-c3ccc(Cl)cc3Cl)noc12)C1CC1. The van der Waals surface area contributed by atoms with Gasteiger partial charge >= 0.3 is 0 Å². The quantitative estimate of drug-likeness (QED) is 0.568. The third kappa shape index (κ3) is 3.38. The van der Waals surface area contributed by atoms with Crippen molar-refractivity contribution in [2.45, 2.75) is 45.6 Å². The lowest BCUT2D eigenvalue weighted by Crippen LogP contribution is -2.22. The molecule has 1 atom stereocenters. The first-order chi connectivity index (χ1) is 12.6. The van der Waals surface area contributed by atoms with Crippen molar-refractivity contribution >= 4 is 40.1 Å². The molecule has 2 heterocycles. The van der Waals surface area contributed by atoms with Crippen molar-refractivity contribution in [3.05, 3.63) is 34.1 Å². The molecular weight excluding hydrogens is 371 g/mol. The summed E-state index contributed by atoms with van der Waals surface area (Å²) in [6.45, 7) is 4.07. The van der Waals surface area contributed by atoms with Gasteiger partial charge in [-0.15, -0.1) is 0 Å². The van der Waals surface area contributed by atoms with Crippen LogP contribution in [0.25, 0.3) is 22.4 Å². The van der Waals surface area contributed by atoms with Gasteiger partial charge in [-0.1, -0.05) is 41.7 Å². The van der Waals surface area contributed by atoms with E-state index in [1.807, 2.05) is 13.0 Å². The maximum absolute atomic E-state index is 6.35. The summed E-state index contributed by atoms with van der Waals surface area (Å²) in [4.78, 5) is 9.12. The molecule has 3 aromatic rings. The van der Waals surface area contributed by atoms with Gasteiger partial charge in [0.15, 0.2) is 5.82 Å². The Labute approximate surface area is 162 Å². The smallest absolute Gasteiger partial charge is 0.228 e. The Morgan fingerprint density at radius 2 is 2.08 bits per heavy atom. The fourth-order valence-corrected chi connectivity index (χ4v) is 3.81. The van der Waals surface area contributed by atoms with Crippen molar-refractivity contribution in [3.8, 4) is 11.3 Å². The average molecular weight is 391 g/mol. The Morgan fingerprint density at radius 1 is 1.27 bits per heavy atom. The van der Waals surface area contributed by atoms with Crippen LogP contribution in [-0.4, -0.2) is 21.2 Å². The summed E-state index contributed by atoms with van der Waals surface area (Å²) in [5.41, 5.74) is 2.58. The van der Waals surface area contributed by atoms with Gasteiger partial charge in [-0.3, -0.25) is 0 Å². The summed E-state index contributed by atoms with van der Waals surface area (Å²) in [6.07, 6.45) is 4.78. The van der Waals surface area contributed by atoms with Crippen molar-refractivity contribution in [2.24, 2.45) is 5.92 Å². The maximum atomic E-state index is 6.35. The standard InChI is InChI=1S/C19H20Cl2N4O/c1-3-4-15(11-5-6-11)24-19-18-17(22-10(2)23-19)16(25-26-18)13-8-7-12(20)9-14(13)21/h7-9,11,15H,3-6H2,1-2H3,(H,22,23,24). The molecule has 1 aliphatic carbocycles. The van der Waals surface area contributed by atoms with Crippen LogP contribution in [0.15, 0.2) is 22.7 Å². The topological polar surface area (TPSA) is 63.8 Å². The first-order valence-corrected chi connectivity index (χ1v) is 9.68. The molecule has 5 nitrogen and oxygen atoms in total. The number of hydrogen-bond acceptors (Lipinski definition) is 5. The van der Waals surface area contributed by atoms with Crippen LogP contribution in [-0.2, 0) is 0 Å². The van der Waals surface area contributed by atoms with Gasteiger partial charge in [0.05, 0.1) is 5.02 Å². The minimum absolute atomic E-state index is 0.408. The molecule has 0 amide bonds. The van der Waals surface area contributed by atoms with Gasteiger partial charge in [0.1, 0.15) is 17.0 Å². The van der Waals surface area contributed by atoms with Crippen LogP contribution in [0.3, 0.4) is 0 Å². The number of benzene rings is 1. The van der Waals surface area contributed by atoms with Gasteiger partial charge in [-0.25, -0.2) is 9.97 Å². The fourth-order valence-electron chi connectivity index (χ4n) is 3.31. The van der Waals surface area contributed by atoms with Crippen molar-refractivity contribution in [2.75, 3.05) is 5.32 Å². The van der Waals surface area contributed by atoms with E-state index < -0.39 is 0 Å². The van der Waals surface area contributed by atoms with Gasteiger partial charge < -0.3 is 9.84 Å². The van der Waals surface area contributed by atoms with Gasteiger partial charge in [0.25, 0.3) is 0 Å². The zero-order chi connectivity index (χ0) is 18.3. The van der Waals surface area contributed by atoms with Crippen LogP contribution < -0.4 is 5.32 Å². The summed E-state index contributed by atoms with van der Waals surface area (Å²) < 4.78 is 5.62. The van der Waals surface area contributed by atoms with Crippen LogP contribution >= 0.6 is 23.2 Å². The van der Waals surface area contributed by atoms with Crippen molar-refractivity contribution in [1.82, 2.24) is 15.1 Å². The highest BCUT2D eigenvalue weighted by molar-refractivity contribution is 6.36. The number of nitrogens with zero attached hydrogens (tertiary/aromatic N) is 3. The van der Waals surface area contributed by atoms with E-state index in [2.05, 4.69) is 27.4 Å². The molecule has 0 radical (unpaired) electrons. The predicted octanol–water partition coefficient (Wildman–Crippen LogP) is 5.89. The Balaban J connectivity index is 1.77. The van der Waals surface area contributed by atoms with E-state index in [4.69, 9.17) is 27.7 Å². The second kappa shape index (κ2) is 7.05. The fraction of sp³-hybridized carbons (Fsp3) is 0.421. The number of fused-ring (bicyclic) bond motifs is 1. The molecule has 0 saturated heterocycles. The lowest BCUT2D eigenvalue weighted by molar-refractivity contribution is 0.458. The van der Waals surface area contributed by atoms with E-state index in [1.165, 1.54) is 12.8 Å². The number of halogens is 2. The second-order valence-electron chi connectivity index (χ2n) is 6.83. The molecule has 26 heavy (non-hydrogen) atoms. The molecule has 1 unspecified atom stereocenters. The first kappa shape index (κ1) is 17.6. The van der Waals surface area contributed by atoms with E-state index in [-0.39, 0.29) is 0 Å². The summed E-state index contributed by atoms with van der Waals surface area (Å²) in [5.74, 6) is 2.09. The Kier molecular flexibility index (Phi) is 4.76. The van der Waals surface area contributed by atoms with E-state index in [0.717, 1.165) is 18.4 Å². The molecule has 0 spiro atoms. The molecule has 0 aliphatic heterocycles. The van der Waals surface area contributed by atoms with Crippen molar-refractivity contribution < 1.29 is 4.52 Å². The summed E-state index contributed by atoms with van der Waals surface area (Å²) in [5, 5.41) is 8.89. The number of nitrogens with one attached hydrogen (secondary N) is 1. The monoisotopic (exact) mass is 390 g/mol. The van der Waals surface area contributed by atoms with Crippen molar-refractivity contribution in [3.63, 3.8) is 0 Å². The molecule has 2 aromatic heterocycles. The average Bonchev–Trinajstić information content (AvgIpc) is 3.35. The molecule has 1 saturated carbocycles. The lowest BCUT2D eigenvalue weighted by Gasteiger charge is -2.18. The van der Waals surface area contributed by atoms with E-state index >= 15 is 0 Å². The van der Waals surface area contributed by atoms with Crippen LogP contribution in [0.1, 0.15) is 38.4 Å². The van der Waals surface area contributed by atoms with Crippen LogP contribution in [0, 0.1) is 12.8 Å². The first-order valence-electron chi connectivity index (χ1n) is 8.92. The molecule has 1 fully saturated rings. The highest BCUT2D eigenvalue weighted by Crippen LogP contribution is 2.38. The van der Waals surface area contributed by atoms with Gasteiger partial charge in [0, 0.05) is 16.6 Å². The summed E-state index contributed by atoms with van der Waals surface area (Å²) in [6, 6.07) is 5.71. The number of anilines is 1.